The van der Waals surface area contributed by atoms with E-state index in [4.69, 9.17) is 4.74 Å². The van der Waals surface area contributed by atoms with Crippen molar-refractivity contribution in [2.24, 2.45) is 0 Å². The number of ether oxygens (including phenoxy) is 1. The summed E-state index contributed by atoms with van der Waals surface area (Å²) in [6.07, 6.45) is -0.0332. The molecule has 0 bridgehead atoms. The first-order valence-corrected chi connectivity index (χ1v) is 5.88. The number of anilines is 1. The van der Waals surface area contributed by atoms with Crippen molar-refractivity contribution in [3.05, 3.63) is 29.3 Å². The van der Waals surface area contributed by atoms with Crippen molar-refractivity contribution in [1.82, 2.24) is 5.32 Å². The lowest BCUT2D eigenvalue weighted by molar-refractivity contribution is -0.121. The second-order valence-electron chi connectivity index (χ2n) is 4.45. The summed E-state index contributed by atoms with van der Waals surface area (Å²) in [7, 11) is 0. The predicted octanol–water partition coefficient (Wildman–Crippen LogP) is 0.934. The Hall–Kier alpha value is -2.21. The molecule has 1 aromatic carbocycles. The SMILES string of the molecule is CC(C)OCC(=O)Nc1ccc2c(c1)C(=O)NC2=O. The van der Waals surface area contributed by atoms with Crippen molar-refractivity contribution in [2.75, 3.05) is 11.9 Å². The average Bonchev–Trinajstić information content (AvgIpc) is 2.62. The molecule has 2 rings (SSSR count). The maximum Gasteiger partial charge on any atom is 0.259 e. The van der Waals surface area contributed by atoms with E-state index >= 15 is 0 Å². The van der Waals surface area contributed by atoms with Crippen molar-refractivity contribution in [3.63, 3.8) is 0 Å². The molecule has 1 aliphatic heterocycles. The Morgan fingerprint density at radius 3 is 2.63 bits per heavy atom. The quantitative estimate of drug-likeness (QED) is 0.791. The van der Waals surface area contributed by atoms with Gasteiger partial charge in [0.25, 0.3) is 11.8 Å². The first-order chi connectivity index (χ1) is 8.97. The minimum atomic E-state index is -0.450. The number of rotatable bonds is 4. The molecular weight excluding hydrogens is 248 g/mol. The number of amides is 3. The molecule has 1 heterocycles. The zero-order valence-electron chi connectivity index (χ0n) is 10.6. The van der Waals surface area contributed by atoms with Crippen molar-refractivity contribution in [2.45, 2.75) is 20.0 Å². The van der Waals surface area contributed by atoms with Crippen LogP contribution in [0.3, 0.4) is 0 Å². The lowest BCUT2D eigenvalue weighted by Gasteiger charge is -2.08. The van der Waals surface area contributed by atoms with Gasteiger partial charge in [-0.15, -0.1) is 0 Å². The molecule has 0 spiro atoms. The summed E-state index contributed by atoms with van der Waals surface area (Å²) in [6.45, 7) is 3.61. The van der Waals surface area contributed by atoms with Gasteiger partial charge < -0.3 is 10.1 Å². The van der Waals surface area contributed by atoms with Crippen molar-refractivity contribution >= 4 is 23.4 Å². The number of carbonyl (C=O) groups excluding carboxylic acids is 3. The van der Waals surface area contributed by atoms with Gasteiger partial charge >= 0.3 is 0 Å². The maximum absolute atomic E-state index is 11.6. The zero-order valence-corrected chi connectivity index (χ0v) is 10.6. The Morgan fingerprint density at radius 1 is 1.26 bits per heavy atom. The van der Waals surface area contributed by atoms with Crippen molar-refractivity contribution < 1.29 is 19.1 Å². The highest BCUT2D eigenvalue weighted by Gasteiger charge is 2.26. The number of nitrogens with one attached hydrogen (secondary N) is 2. The average molecular weight is 262 g/mol. The highest BCUT2D eigenvalue weighted by molar-refractivity contribution is 6.22. The van der Waals surface area contributed by atoms with Crippen LogP contribution in [0.1, 0.15) is 34.6 Å². The molecule has 1 aliphatic rings. The highest BCUT2D eigenvalue weighted by Crippen LogP contribution is 2.20. The molecule has 0 atom stereocenters. The van der Waals surface area contributed by atoms with E-state index in [0.29, 0.717) is 11.3 Å². The lowest BCUT2D eigenvalue weighted by atomic mass is 10.1. The summed E-state index contributed by atoms with van der Waals surface area (Å²) in [5.41, 5.74) is 1.05. The fraction of sp³-hybridized carbons (Fsp3) is 0.308. The first-order valence-electron chi connectivity index (χ1n) is 5.88. The summed E-state index contributed by atoms with van der Waals surface area (Å²) >= 11 is 0. The van der Waals surface area contributed by atoms with Crippen LogP contribution >= 0.6 is 0 Å². The summed E-state index contributed by atoms with van der Waals surface area (Å²) < 4.78 is 5.16. The van der Waals surface area contributed by atoms with E-state index < -0.39 is 11.8 Å². The number of imide groups is 1. The maximum atomic E-state index is 11.6. The van der Waals surface area contributed by atoms with Gasteiger partial charge in [0, 0.05) is 5.69 Å². The van der Waals surface area contributed by atoms with E-state index in [2.05, 4.69) is 10.6 Å². The molecule has 2 N–H and O–H groups in total. The third kappa shape index (κ3) is 2.97. The van der Waals surface area contributed by atoms with Crippen molar-refractivity contribution in [1.29, 1.82) is 0 Å². The Labute approximate surface area is 110 Å². The van der Waals surface area contributed by atoms with E-state index in [1.54, 1.807) is 6.07 Å². The molecule has 3 amide bonds. The van der Waals surface area contributed by atoms with E-state index in [1.807, 2.05) is 13.8 Å². The Balaban J connectivity index is 2.07. The van der Waals surface area contributed by atoms with Gasteiger partial charge in [-0.2, -0.15) is 0 Å². The molecule has 100 valence electrons. The lowest BCUT2D eigenvalue weighted by Crippen LogP contribution is -2.21. The van der Waals surface area contributed by atoms with Crippen LogP contribution in [0, 0.1) is 0 Å². The van der Waals surface area contributed by atoms with E-state index in [1.165, 1.54) is 12.1 Å². The molecule has 0 radical (unpaired) electrons. The number of hydrogen-bond donors (Lipinski definition) is 2. The van der Waals surface area contributed by atoms with Crippen molar-refractivity contribution in [3.8, 4) is 0 Å². The molecule has 19 heavy (non-hydrogen) atoms. The van der Waals surface area contributed by atoms with Gasteiger partial charge in [0.2, 0.25) is 5.91 Å². The normalized spacial score (nSPS) is 13.4. The molecular formula is C13H14N2O4. The first kappa shape index (κ1) is 13.2. The van der Waals surface area contributed by atoms with Gasteiger partial charge in [-0.1, -0.05) is 0 Å². The molecule has 1 aromatic rings. The molecule has 0 unspecified atom stereocenters. The number of carbonyl (C=O) groups is 3. The fourth-order valence-electron chi connectivity index (χ4n) is 1.69. The van der Waals surface area contributed by atoms with Crippen LogP contribution in [0.25, 0.3) is 0 Å². The van der Waals surface area contributed by atoms with E-state index in [9.17, 15) is 14.4 Å². The van der Waals surface area contributed by atoms with E-state index in [-0.39, 0.29) is 24.2 Å². The summed E-state index contributed by atoms with van der Waals surface area (Å²) in [5.74, 6) is -1.17. The van der Waals surface area contributed by atoms with Gasteiger partial charge in [-0.05, 0) is 32.0 Å². The Morgan fingerprint density at radius 2 is 1.95 bits per heavy atom. The minimum Gasteiger partial charge on any atom is -0.369 e. The van der Waals surface area contributed by atoms with E-state index in [0.717, 1.165) is 0 Å². The van der Waals surface area contributed by atoms with Gasteiger partial charge in [0.1, 0.15) is 6.61 Å². The van der Waals surface area contributed by atoms with Gasteiger partial charge in [-0.25, -0.2) is 0 Å². The Kier molecular flexibility index (Phi) is 3.62. The van der Waals surface area contributed by atoms with Crippen LogP contribution in [-0.4, -0.2) is 30.4 Å². The molecule has 0 aliphatic carbocycles. The summed E-state index contributed by atoms with van der Waals surface area (Å²) in [4.78, 5) is 34.4. The van der Waals surface area contributed by atoms with Crippen LogP contribution in [0.2, 0.25) is 0 Å². The summed E-state index contributed by atoms with van der Waals surface area (Å²) in [5, 5.41) is 4.79. The molecule has 0 fully saturated rings. The second-order valence-corrected chi connectivity index (χ2v) is 4.45. The van der Waals surface area contributed by atoms with Crippen LogP contribution in [-0.2, 0) is 9.53 Å². The standard InChI is InChI=1S/C13H14N2O4/c1-7(2)19-6-11(16)14-8-3-4-9-10(5-8)13(18)15-12(9)17/h3-5,7H,6H2,1-2H3,(H,14,16)(H,15,17,18). The zero-order chi connectivity index (χ0) is 14.0. The predicted molar refractivity (Wildman–Crippen MR) is 68.0 cm³/mol. The topological polar surface area (TPSA) is 84.5 Å². The number of hydrogen-bond acceptors (Lipinski definition) is 4. The molecule has 0 saturated carbocycles. The monoisotopic (exact) mass is 262 g/mol. The fourth-order valence-corrected chi connectivity index (χ4v) is 1.69. The number of benzene rings is 1. The van der Waals surface area contributed by atoms with Gasteiger partial charge in [0.05, 0.1) is 17.2 Å². The molecule has 0 aromatic heterocycles. The summed E-state index contributed by atoms with van der Waals surface area (Å²) in [6, 6.07) is 4.56. The van der Waals surface area contributed by atoms with Crippen LogP contribution < -0.4 is 10.6 Å². The van der Waals surface area contributed by atoms with Gasteiger partial charge in [-0.3, -0.25) is 19.7 Å². The molecule has 6 nitrogen and oxygen atoms in total. The van der Waals surface area contributed by atoms with Crippen LogP contribution in [0.15, 0.2) is 18.2 Å². The van der Waals surface area contributed by atoms with Crippen LogP contribution in [0.4, 0.5) is 5.69 Å². The van der Waals surface area contributed by atoms with Gasteiger partial charge in [0.15, 0.2) is 0 Å². The molecule has 0 saturated heterocycles. The molecule has 6 heteroatoms. The smallest absolute Gasteiger partial charge is 0.259 e. The van der Waals surface area contributed by atoms with Crippen LogP contribution in [0.5, 0.6) is 0 Å². The largest absolute Gasteiger partial charge is 0.369 e. The second kappa shape index (κ2) is 5.19. The number of fused-ring (bicyclic) bond motifs is 1. The highest BCUT2D eigenvalue weighted by atomic mass is 16.5. The third-order valence-electron chi connectivity index (χ3n) is 2.57. The minimum absolute atomic E-state index is 0.0332. The third-order valence-corrected chi connectivity index (χ3v) is 2.57. The Bertz CT molecular complexity index is 552.